The van der Waals surface area contributed by atoms with Gasteiger partial charge in [0, 0.05) is 0 Å². The van der Waals surface area contributed by atoms with E-state index < -0.39 is 0 Å². The Morgan fingerprint density at radius 1 is 1.46 bits per heavy atom. The van der Waals surface area contributed by atoms with Crippen LogP contribution in [0.15, 0.2) is 6.20 Å². The molecule has 0 spiro atoms. The van der Waals surface area contributed by atoms with Gasteiger partial charge in [0.05, 0.1) is 6.20 Å². The minimum atomic E-state index is 0.0780. The largest absolute Gasteiger partial charge is 0.382 e. The molecule has 7 heteroatoms. The molecule has 0 radical (unpaired) electrons. The van der Waals surface area contributed by atoms with Gasteiger partial charge < -0.3 is 11.5 Å². The molecule has 0 amide bonds. The molecule has 13 heavy (non-hydrogen) atoms. The zero-order chi connectivity index (χ0) is 9.42. The van der Waals surface area contributed by atoms with Gasteiger partial charge in [0.25, 0.3) is 5.78 Å². The molecule has 64 valence electrons. The number of fused-ring (bicyclic) bond motifs is 1. The summed E-state index contributed by atoms with van der Waals surface area (Å²) in [6.45, 7) is 0. The third-order valence-corrected chi connectivity index (χ3v) is 1.54. The van der Waals surface area contributed by atoms with Gasteiger partial charge in [0.15, 0.2) is 0 Å². The Kier molecular flexibility index (Phi) is 1.30. The molecule has 0 aliphatic heterocycles. The van der Waals surface area contributed by atoms with Gasteiger partial charge in [-0.2, -0.15) is 14.8 Å². The number of nitriles is 1. The minimum Gasteiger partial charge on any atom is -0.382 e. The maximum Gasteiger partial charge on any atom is 0.255 e. The summed E-state index contributed by atoms with van der Waals surface area (Å²) in [5, 5.41) is 12.4. The summed E-state index contributed by atoms with van der Waals surface area (Å²) >= 11 is 0. The minimum absolute atomic E-state index is 0.0780. The molecular formula is C6H5N7. The Labute approximate surface area is 72.6 Å². The first-order chi connectivity index (χ1) is 6.22. The standard InChI is InChI=1S/C6H5N7/c7-1-3-2-10-6-11-5(9)12-13(6)4(3)8/h2H,8H2,(H2,9,12). The first-order valence-corrected chi connectivity index (χ1v) is 3.39. The van der Waals surface area contributed by atoms with E-state index >= 15 is 0 Å². The second-order valence-corrected chi connectivity index (χ2v) is 2.35. The van der Waals surface area contributed by atoms with Crippen LogP contribution in [0.1, 0.15) is 5.56 Å². The molecule has 2 rings (SSSR count). The van der Waals surface area contributed by atoms with Crippen molar-refractivity contribution in [3.63, 3.8) is 0 Å². The maximum atomic E-state index is 8.62. The van der Waals surface area contributed by atoms with Crippen molar-refractivity contribution in [2.45, 2.75) is 0 Å². The fraction of sp³-hybridized carbons (Fsp3) is 0. The molecule has 0 aliphatic carbocycles. The van der Waals surface area contributed by atoms with Gasteiger partial charge in [-0.1, -0.05) is 0 Å². The number of rotatable bonds is 0. The van der Waals surface area contributed by atoms with E-state index in [9.17, 15) is 0 Å². The molecule has 2 aromatic heterocycles. The van der Waals surface area contributed by atoms with Crippen molar-refractivity contribution in [2.75, 3.05) is 11.5 Å². The molecule has 7 nitrogen and oxygen atoms in total. The van der Waals surface area contributed by atoms with E-state index in [4.69, 9.17) is 16.7 Å². The lowest BCUT2D eigenvalue weighted by atomic mass is 10.3. The SMILES string of the molecule is N#Cc1cnc2nc(N)nn2c1N. The average molecular weight is 175 g/mol. The monoisotopic (exact) mass is 175 g/mol. The second-order valence-electron chi connectivity index (χ2n) is 2.35. The highest BCUT2D eigenvalue weighted by Crippen LogP contribution is 2.10. The van der Waals surface area contributed by atoms with Gasteiger partial charge in [-0.15, -0.1) is 5.10 Å². The zero-order valence-corrected chi connectivity index (χ0v) is 6.47. The fourth-order valence-electron chi connectivity index (χ4n) is 0.953. The smallest absolute Gasteiger partial charge is 0.255 e. The molecule has 0 atom stereocenters. The normalized spacial score (nSPS) is 10.1. The molecule has 0 fully saturated rings. The van der Waals surface area contributed by atoms with Gasteiger partial charge in [-0.3, -0.25) is 0 Å². The van der Waals surface area contributed by atoms with Crippen molar-refractivity contribution in [3.8, 4) is 6.07 Å². The van der Waals surface area contributed by atoms with Crippen molar-refractivity contribution in [3.05, 3.63) is 11.8 Å². The second kappa shape index (κ2) is 2.31. The first-order valence-electron chi connectivity index (χ1n) is 3.39. The van der Waals surface area contributed by atoms with Crippen LogP contribution in [-0.2, 0) is 0 Å². The lowest BCUT2D eigenvalue weighted by molar-refractivity contribution is 0.952. The molecule has 2 heterocycles. The van der Waals surface area contributed by atoms with Crippen LogP contribution in [0.2, 0.25) is 0 Å². The van der Waals surface area contributed by atoms with E-state index in [0.29, 0.717) is 0 Å². The van der Waals surface area contributed by atoms with Gasteiger partial charge >= 0.3 is 0 Å². The number of anilines is 2. The molecule has 0 aliphatic rings. The topological polar surface area (TPSA) is 119 Å². The Bertz CT molecular complexity index is 505. The van der Waals surface area contributed by atoms with E-state index in [1.165, 1.54) is 10.7 Å². The van der Waals surface area contributed by atoms with Crippen LogP contribution in [0.3, 0.4) is 0 Å². The average Bonchev–Trinajstić information content (AvgIpc) is 2.47. The number of nitrogen functional groups attached to an aromatic ring is 2. The van der Waals surface area contributed by atoms with Crippen molar-refractivity contribution >= 4 is 17.5 Å². The van der Waals surface area contributed by atoms with Crippen LogP contribution in [0.4, 0.5) is 11.8 Å². The van der Waals surface area contributed by atoms with Gasteiger partial charge in [-0.25, -0.2) is 4.98 Å². The summed E-state index contributed by atoms with van der Waals surface area (Å²) in [6.07, 6.45) is 1.33. The highest BCUT2D eigenvalue weighted by Gasteiger charge is 2.07. The fourth-order valence-corrected chi connectivity index (χ4v) is 0.953. The van der Waals surface area contributed by atoms with Crippen LogP contribution < -0.4 is 11.5 Å². The highest BCUT2D eigenvalue weighted by atomic mass is 15.4. The third-order valence-electron chi connectivity index (χ3n) is 1.54. The Morgan fingerprint density at radius 3 is 2.92 bits per heavy atom. The molecule has 0 saturated carbocycles. The van der Waals surface area contributed by atoms with Gasteiger partial charge in [-0.05, 0) is 0 Å². The summed E-state index contributed by atoms with van der Waals surface area (Å²) in [4.78, 5) is 7.62. The first kappa shape index (κ1) is 7.30. The predicted octanol–water partition coefficient (Wildman–Crippen LogP) is -0.840. The van der Waals surface area contributed by atoms with E-state index in [2.05, 4.69) is 15.1 Å². The molecule has 0 aromatic carbocycles. The summed E-state index contributed by atoms with van der Waals surface area (Å²) in [7, 11) is 0. The van der Waals surface area contributed by atoms with E-state index in [0.717, 1.165) is 0 Å². The molecule has 2 aromatic rings. The number of aromatic nitrogens is 4. The highest BCUT2D eigenvalue weighted by molar-refractivity contribution is 5.52. The van der Waals surface area contributed by atoms with Crippen molar-refractivity contribution in [2.24, 2.45) is 0 Å². The van der Waals surface area contributed by atoms with E-state index in [1.54, 1.807) is 0 Å². The molecular weight excluding hydrogens is 170 g/mol. The van der Waals surface area contributed by atoms with Crippen LogP contribution >= 0.6 is 0 Å². The Morgan fingerprint density at radius 2 is 2.23 bits per heavy atom. The predicted molar refractivity (Wildman–Crippen MR) is 44.3 cm³/mol. The van der Waals surface area contributed by atoms with E-state index in [-0.39, 0.29) is 23.1 Å². The summed E-state index contributed by atoms with van der Waals surface area (Å²) in [5.74, 6) is 0.556. The van der Waals surface area contributed by atoms with Crippen molar-refractivity contribution in [1.82, 2.24) is 19.6 Å². The van der Waals surface area contributed by atoms with Crippen LogP contribution in [0.25, 0.3) is 5.78 Å². The lowest BCUT2D eigenvalue weighted by Crippen LogP contribution is -2.03. The van der Waals surface area contributed by atoms with Crippen LogP contribution in [-0.4, -0.2) is 19.6 Å². The quantitative estimate of drug-likeness (QED) is 0.538. The van der Waals surface area contributed by atoms with E-state index in [1.807, 2.05) is 6.07 Å². The third kappa shape index (κ3) is 0.927. The number of nitrogens with zero attached hydrogens (tertiary/aromatic N) is 5. The molecule has 0 bridgehead atoms. The van der Waals surface area contributed by atoms with Crippen LogP contribution in [0.5, 0.6) is 0 Å². The van der Waals surface area contributed by atoms with Gasteiger partial charge in [0.2, 0.25) is 5.95 Å². The van der Waals surface area contributed by atoms with Crippen molar-refractivity contribution < 1.29 is 0 Å². The Balaban J connectivity index is 2.87. The zero-order valence-electron chi connectivity index (χ0n) is 6.47. The van der Waals surface area contributed by atoms with Gasteiger partial charge in [0.1, 0.15) is 17.5 Å². The van der Waals surface area contributed by atoms with Crippen molar-refractivity contribution in [1.29, 1.82) is 5.26 Å². The number of hydrogen-bond donors (Lipinski definition) is 2. The molecule has 4 N–H and O–H groups in total. The summed E-state index contributed by atoms with van der Waals surface area (Å²) < 4.78 is 1.23. The lowest BCUT2D eigenvalue weighted by Gasteiger charge is -1.96. The molecule has 0 saturated heterocycles. The van der Waals surface area contributed by atoms with Crippen LogP contribution in [0, 0.1) is 11.3 Å². The Hall–Kier alpha value is -2.36. The maximum absolute atomic E-state index is 8.62. The number of nitrogens with two attached hydrogens (primary N) is 2. The summed E-state index contributed by atoms with van der Waals surface area (Å²) in [5.41, 5.74) is 11.2. The number of hydrogen-bond acceptors (Lipinski definition) is 6. The molecule has 0 unspecified atom stereocenters. The summed E-state index contributed by atoms with van der Waals surface area (Å²) in [6, 6.07) is 1.88.